The third-order valence-corrected chi connectivity index (χ3v) is 7.99. The first-order chi connectivity index (χ1) is 19.0. The Hall–Kier alpha value is -3.85. The van der Waals surface area contributed by atoms with Gasteiger partial charge in [0, 0.05) is 41.3 Å². The number of nitrogens with zero attached hydrogens (tertiary/aromatic N) is 3. The van der Waals surface area contributed by atoms with Gasteiger partial charge in [-0.15, -0.1) is 0 Å². The maximum atomic E-state index is 15.1. The Morgan fingerprint density at radius 3 is 2.54 bits per heavy atom. The molecule has 0 unspecified atom stereocenters. The van der Waals surface area contributed by atoms with Gasteiger partial charge in [0.2, 0.25) is 5.95 Å². The van der Waals surface area contributed by atoms with E-state index < -0.39 is 5.82 Å². The molecule has 2 heterocycles. The Morgan fingerprint density at radius 1 is 0.923 bits per heavy atom. The Balaban J connectivity index is 1.29. The van der Waals surface area contributed by atoms with Gasteiger partial charge in [0.15, 0.2) is 11.6 Å². The number of anilines is 2. The molecular weight excluding hydrogens is 513 g/mol. The van der Waals surface area contributed by atoms with Crippen LogP contribution < -0.4 is 19.5 Å². The van der Waals surface area contributed by atoms with Crippen molar-refractivity contribution in [2.24, 2.45) is 0 Å². The Bertz CT molecular complexity index is 1450. The van der Waals surface area contributed by atoms with Gasteiger partial charge < -0.3 is 19.5 Å². The molecule has 1 aliphatic carbocycles. The largest absolute Gasteiger partial charge is 0.496 e. The van der Waals surface area contributed by atoms with Crippen LogP contribution in [-0.4, -0.2) is 28.1 Å². The molecule has 9 heteroatoms. The van der Waals surface area contributed by atoms with Crippen molar-refractivity contribution in [2.45, 2.75) is 56.9 Å². The van der Waals surface area contributed by atoms with Crippen LogP contribution in [0.4, 0.5) is 16.0 Å². The summed E-state index contributed by atoms with van der Waals surface area (Å²) >= 11 is 1.42. The van der Waals surface area contributed by atoms with E-state index in [4.69, 9.17) is 14.5 Å². The highest BCUT2D eigenvalue weighted by Gasteiger charge is 2.17. The molecule has 202 valence electrons. The fourth-order valence-electron chi connectivity index (χ4n) is 4.65. The van der Waals surface area contributed by atoms with Crippen LogP contribution in [0.15, 0.2) is 66.0 Å². The first-order valence-corrected chi connectivity index (χ1v) is 13.9. The molecule has 5 rings (SSSR count). The van der Waals surface area contributed by atoms with E-state index in [-0.39, 0.29) is 5.75 Å². The van der Waals surface area contributed by atoms with E-state index in [2.05, 4.69) is 20.0 Å². The van der Waals surface area contributed by atoms with Crippen molar-refractivity contribution in [2.75, 3.05) is 17.1 Å². The Morgan fingerprint density at radius 2 is 1.74 bits per heavy atom. The molecule has 1 aliphatic rings. The van der Waals surface area contributed by atoms with Crippen molar-refractivity contribution in [3.63, 3.8) is 0 Å². The highest BCUT2D eigenvalue weighted by Crippen LogP contribution is 2.35. The summed E-state index contributed by atoms with van der Waals surface area (Å²) in [5.41, 5.74) is 4.13. The summed E-state index contributed by atoms with van der Waals surface area (Å²) in [4.78, 5) is 14.4. The first-order valence-electron chi connectivity index (χ1n) is 13.1. The van der Waals surface area contributed by atoms with Gasteiger partial charge in [-0.25, -0.2) is 14.4 Å². The van der Waals surface area contributed by atoms with Crippen molar-refractivity contribution in [1.29, 1.82) is 0 Å². The molecule has 2 aromatic carbocycles. The lowest BCUT2D eigenvalue weighted by Gasteiger charge is -2.22. The molecular formula is C30H32FN5O2S. The summed E-state index contributed by atoms with van der Waals surface area (Å²) in [6, 6.07) is 12.6. The van der Waals surface area contributed by atoms with Crippen LogP contribution in [-0.2, 0) is 0 Å². The number of nitrogens with one attached hydrogen (secondary N) is 2. The van der Waals surface area contributed by atoms with Crippen LogP contribution >= 0.6 is 11.9 Å². The zero-order chi connectivity index (χ0) is 27.2. The van der Waals surface area contributed by atoms with Crippen LogP contribution in [0.5, 0.6) is 17.2 Å². The molecule has 7 nitrogen and oxygen atoms in total. The number of hydrogen-bond acceptors (Lipinski definition) is 8. The highest BCUT2D eigenvalue weighted by atomic mass is 32.2. The Kier molecular flexibility index (Phi) is 8.46. The second-order valence-electron chi connectivity index (χ2n) is 9.58. The van der Waals surface area contributed by atoms with Crippen molar-refractivity contribution in [1.82, 2.24) is 15.0 Å². The van der Waals surface area contributed by atoms with Gasteiger partial charge in [0.05, 0.1) is 18.4 Å². The van der Waals surface area contributed by atoms with Gasteiger partial charge >= 0.3 is 0 Å². The summed E-state index contributed by atoms with van der Waals surface area (Å²) in [5, 5.41) is 3.45. The van der Waals surface area contributed by atoms with E-state index in [0.29, 0.717) is 34.7 Å². The van der Waals surface area contributed by atoms with Crippen LogP contribution in [0.1, 0.15) is 43.2 Å². The number of halogens is 1. The number of pyridine rings is 1. The van der Waals surface area contributed by atoms with Gasteiger partial charge in [0.25, 0.3) is 0 Å². The molecule has 0 atom stereocenters. The van der Waals surface area contributed by atoms with Crippen molar-refractivity contribution >= 4 is 23.6 Å². The van der Waals surface area contributed by atoms with E-state index >= 15 is 4.39 Å². The van der Waals surface area contributed by atoms with Gasteiger partial charge in [-0.05, 0) is 86.2 Å². The molecule has 2 aromatic heterocycles. The predicted octanol–water partition coefficient (Wildman–Crippen LogP) is 7.96. The molecule has 1 saturated carbocycles. The molecule has 2 N–H and O–H groups in total. The predicted molar refractivity (Wildman–Crippen MR) is 154 cm³/mol. The van der Waals surface area contributed by atoms with E-state index in [1.165, 1.54) is 37.3 Å². The van der Waals surface area contributed by atoms with Crippen molar-refractivity contribution in [3.05, 3.63) is 78.0 Å². The van der Waals surface area contributed by atoms with Gasteiger partial charge in [-0.1, -0.05) is 19.3 Å². The maximum absolute atomic E-state index is 15.1. The second kappa shape index (κ2) is 12.3. The van der Waals surface area contributed by atoms with E-state index in [1.54, 1.807) is 50.0 Å². The first kappa shape index (κ1) is 26.7. The number of methoxy groups -OCH3 is 1. The molecule has 0 bridgehead atoms. The summed E-state index contributed by atoms with van der Waals surface area (Å²) < 4.78 is 29.7. The molecule has 0 radical (unpaired) electrons. The van der Waals surface area contributed by atoms with E-state index in [0.717, 1.165) is 34.6 Å². The quantitative estimate of drug-likeness (QED) is 0.205. The third-order valence-electron chi connectivity index (χ3n) is 6.99. The number of benzene rings is 2. The fourth-order valence-corrected chi connectivity index (χ4v) is 5.45. The summed E-state index contributed by atoms with van der Waals surface area (Å²) in [7, 11) is 1.66. The molecule has 39 heavy (non-hydrogen) atoms. The number of rotatable bonds is 9. The zero-order valence-electron chi connectivity index (χ0n) is 22.3. The van der Waals surface area contributed by atoms with Gasteiger partial charge in [0.1, 0.15) is 11.5 Å². The molecule has 0 spiro atoms. The van der Waals surface area contributed by atoms with Crippen molar-refractivity contribution in [3.8, 4) is 28.5 Å². The second-order valence-corrected chi connectivity index (χ2v) is 10.4. The molecule has 0 aliphatic heterocycles. The van der Waals surface area contributed by atoms with E-state index in [9.17, 15) is 0 Å². The summed E-state index contributed by atoms with van der Waals surface area (Å²) in [5.74, 6) is 1.53. The van der Waals surface area contributed by atoms with Crippen molar-refractivity contribution < 1.29 is 13.9 Å². The minimum Gasteiger partial charge on any atom is -0.496 e. The smallest absolute Gasteiger partial charge is 0.223 e. The molecule has 4 aromatic rings. The lowest BCUT2D eigenvalue weighted by molar-refractivity contribution is 0.411. The standard InChI is InChI=1S/C30H32FN5O2S/c1-19-20(2)29(12-11-26(19)37-3)39-36-22-9-10-28(24(31)17-22)38-27-14-15-32-18-23(27)25-13-16-33-30(35-25)34-21-7-5-4-6-8-21/h9-18,21,36H,4-8H2,1-3H3,(H,33,34,35). The number of hydrogen-bond donors (Lipinski definition) is 2. The monoisotopic (exact) mass is 545 g/mol. The highest BCUT2D eigenvalue weighted by molar-refractivity contribution is 8.00. The fraction of sp³-hybridized carbons (Fsp3) is 0.300. The van der Waals surface area contributed by atoms with Gasteiger partial charge in [-0.2, -0.15) is 0 Å². The van der Waals surface area contributed by atoms with E-state index in [1.807, 2.05) is 26.0 Å². The zero-order valence-corrected chi connectivity index (χ0v) is 23.1. The van der Waals surface area contributed by atoms with Crippen LogP contribution in [0.3, 0.4) is 0 Å². The molecule has 1 fully saturated rings. The van der Waals surface area contributed by atoms with Crippen LogP contribution in [0.2, 0.25) is 0 Å². The lowest BCUT2D eigenvalue weighted by atomic mass is 9.96. The lowest BCUT2D eigenvalue weighted by Crippen LogP contribution is -2.23. The Labute approximate surface area is 232 Å². The number of ether oxygens (including phenoxy) is 2. The number of aromatic nitrogens is 3. The summed E-state index contributed by atoms with van der Waals surface area (Å²) in [6.07, 6.45) is 11.0. The van der Waals surface area contributed by atoms with Crippen LogP contribution in [0, 0.1) is 19.7 Å². The summed E-state index contributed by atoms with van der Waals surface area (Å²) in [6.45, 7) is 4.06. The SMILES string of the molecule is COc1ccc(SNc2ccc(Oc3ccncc3-c3ccnc(NC4CCCCC4)n3)c(F)c2)c(C)c1C. The van der Waals surface area contributed by atoms with Crippen LogP contribution in [0.25, 0.3) is 11.3 Å². The average Bonchev–Trinajstić information content (AvgIpc) is 2.96. The maximum Gasteiger partial charge on any atom is 0.223 e. The minimum atomic E-state index is -0.478. The van der Waals surface area contributed by atoms with Gasteiger partial charge in [-0.3, -0.25) is 4.98 Å². The minimum absolute atomic E-state index is 0.115. The average molecular weight is 546 g/mol. The normalized spacial score (nSPS) is 13.6. The molecule has 0 amide bonds. The third kappa shape index (κ3) is 6.42. The topological polar surface area (TPSA) is 81.2 Å². The molecule has 0 saturated heterocycles.